The largest absolute Gasteiger partial charge is 0.469 e. The number of rotatable bonds is 6. The van der Waals surface area contributed by atoms with Gasteiger partial charge in [-0.1, -0.05) is 30.7 Å². The molecular formula is C17H22O4. The molecule has 0 saturated heterocycles. The van der Waals surface area contributed by atoms with Crippen molar-refractivity contribution in [3.63, 3.8) is 0 Å². The van der Waals surface area contributed by atoms with E-state index in [0.29, 0.717) is 12.8 Å². The van der Waals surface area contributed by atoms with Gasteiger partial charge in [0.2, 0.25) is 0 Å². The number of hydrogen-bond donors (Lipinski definition) is 0. The van der Waals surface area contributed by atoms with Crippen LogP contribution in [0.2, 0.25) is 0 Å². The molecule has 1 atom stereocenters. The van der Waals surface area contributed by atoms with Crippen LogP contribution in [0.15, 0.2) is 24.3 Å². The molecule has 0 fully saturated rings. The quantitative estimate of drug-likeness (QED) is 0.597. The fourth-order valence-electron chi connectivity index (χ4n) is 3.26. The molecule has 0 heterocycles. The van der Waals surface area contributed by atoms with E-state index in [4.69, 9.17) is 4.74 Å². The van der Waals surface area contributed by atoms with Gasteiger partial charge in [0, 0.05) is 6.42 Å². The Kier molecular flexibility index (Phi) is 4.99. The van der Waals surface area contributed by atoms with Crippen LogP contribution in [0.1, 0.15) is 43.2 Å². The summed E-state index contributed by atoms with van der Waals surface area (Å²) >= 11 is 0. The third kappa shape index (κ3) is 3.09. The molecule has 0 aliphatic heterocycles. The molecule has 21 heavy (non-hydrogen) atoms. The van der Waals surface area contributed by atoms with Gasteiger partial charge in [0.05, 0.1) is 19.6 Å². The minimum Gasteiger partial charge on any atom is -0.469 e. The van der Waals surface area contributed by atoms with Crippen LogP contribution in [0.4, 0.5) is 0 Å². The van der Waals surface area contributed by atoms with E-state index in [0.717, 1.165) is 31.2 Å². The highest BCUT2D eigenvalue weighted by molar-refractivity contribution is 5.84. The van der Waals surface area contributed by atoms with E-state index in [9.17, 15) is 9.59 Å². The number of hydrogen-bond acceptors (Lipinski definition) is 4. The molecule has 1 aliphatic carbocycles. The minimum atomic E-state index is -0.540. The molecule has 0 N–H and O–H groups in total. The lowest BCUT2D eigenvalue weighted by Gasteiger charge is -2.27. The molecule has 0 saturated carbocycles. The summed E-state index contributed by atoms with van der Waals surface area (Å²) in [5.41, 5.74) is 1.78. The first kappa shape index (κ1) is 15.5. The predicted molar refractivity (Wildman–Crippen MR) is 78.9 cm³/mol. The number of unbranched alkanes of at least 4 members (excludes halogenated alkanes) is 1. The molecule has 4 heteroatoms. The van der Waals surface area contributed by atoms with Gasteiger partial charge in [-0.25, -0.2) is 0 Å². The lowest BCUT2D eigenvalue weighted by Crippen LogP contribution is -2.34. The first-order valence-electron chi connectivity index (χ1n) is 7.37. The standard InChI is InChI=1S/C17H22O4/c1-20-15(18)9-5-6-11-17(16(19)21-2)12-10-13-7-3-4-8-14(13)17/h3-4,7-8H,5-6,9-12H2,1-2H3. The summed E-state index contributed by atoms with van der Waals surface area (Å²) in [6, 6.07) is 8.08. The van der Waals surface area contributed by atoms with Crippen molar-refractivity contribution in [2.45, 2.75) is 43.9 Å². The maximum Gasteiger partial charge on any atom is 0.316 e. The molecule has 2 rings (SSSR count). The summed E-state index contributed by atoms with van der Waals surface area (Å²) in [5.74, 6) is -0.362. The van der Waals surface area contributed by atoms with E-state index in [1.165, 1.54) is 19.8 Å². The summed E-state index contributed by atoms with van der Waals surface area (Å²) in [4.78, 5) is 23.5. The highest BCUT2D eigenvalue weighted by atomic mass is 16.5. The number of ether oxygens (including phenoxy) is 2. The number of carbonyl (C=O) groups is 2. The van der Waals surface area contributed by atoms with Gasteiger partial charge in [-0.3, -0.25) is 9.59 Å². The summed E-state index contributed by atoms with van der Waals surface area (Å²) in [5, 5.41) is 0. The SMILES string of the molecule is COC(=O)CCCCC1(C(=O)OC)CCc2ccccc21. The average Bonchev–Trinajstić information content (AvgIpc) is 2.90. The number of methoxy groups -OCH3 is 2. The predicted octanol–water partition coefficient (Wildman–Crippen LogP) is 2.78. The van der Waals surface area contributed by atoms with E-state index < -0.39 is 5.41 Å². The van der Waals surface area contributed by atoms with Crippen molar-refractivity contribution < 1.29 is 19.1 Å². The topological polar surface area (TPSA) is 52.6 Å². The fourth-order valence-corrected chi connectivity index (χ4v) is 3.26. The molecule has 0 radical (unpaired) electrons. The van der Waals surface area contributed by atoms with Crippen LogP contribution < -0.4 is 0 Å². The zero-order chi connectivity index (χ0) is 15.3. The maximum absolute atomic E-state index is 12.4. The first-order chi connectivity index (χ1) is 10.1. The number of carbonyl (C=O) groups excluding carboxylic acids is 2. The van der Waals surface area contributed by atoms with E-state index >= 15 is 0 Å². The molecule has 0 aromatic heterocycles. The highest BCUT2D eigenvalue weighted by Gasteiger charge is 2.45. The Morgan fingerprint density at radius 2 is 1.90 bits per heavy atom. The lowest BCUT2D eigenvalue weighted by molar-refractivity contribution is -0.148. The van der Waals surface area contributed by atoms with Crippen LogP contribution in [0.3, 0.4) is 0 Å². The first-order valence-corrected chi connectivity index (χ1v) is 7.37. The van der Waals surface area contributed by atoms with Gasteiger partial charge in [-0.05, 0) is 36.8 Å². The number of fused-ring (bicyclic) bond motifs is 1. The smallest absolute Gasteiger partial charge is 0.316 e. The zero-order valence-corrected chi connectivity index (χ0v) is 12.7. The van der Waals surface area contributed by atoms with Crippen molar-refractivity contribution in [3.05, 3.63) is 35.4 Å². The van der Waals surface area contributed by atoms with E-state index in [1.54, 1.807) is 0 Å². The van der Waals surface area contributed by atoms with Crippen LogP contribution in [0.25, 0.3) is 0 Å². The second-order valence-electron chi connectivity index (χ2n) is 5.51. The molecule has 1 aliphatic rings. The van der Waals surface area contributed by atoms with E-state index in [2.05, 4.69) is 10.8 Å². The zero-order valence-electron chi connectivity index (χ0n) is 12.7. The molecule has 4 nitrogen and oxygen atoms in total. The van der Waals surface area contributed by atoms with Crippen molar-refractivity contribution in [2.75, 3.05) is 14.2 Å². The van der Waals surface area contributed by atoms with Gasteiger partial charge in [0.1, 0.15) is 0 Å². The number of aryl methyl sites for hydroxylation is 1. The Morgan fingerprint density at radius 1 is 1.14 bits per heavy atom. The van der Waals surface area contributed by atoms with Crippen LogP contribution in [0, 0.1) is 0 Å². The summed E-state index contributed by atoms with van der Waals surface area (Å²) in [6.07, 6.45) is 4.34. The van der Waals surface area contributed by atoms with Crippen molar-refractivity contribution in [3.8, 4) is 0 Å². The second kappa shape index (κ2) is 6.74. The summed E-state index contributed by atoms with van der Waals surface area (Å²) in [6.45, 7) is 0. The van der Waals surface area contributed by atoms with Gasteiger partial charge >= 0.3 is 11.9 Å². The number of esters is 2. The van der Waals surface area contributed by atoms with Gasteiger partial charge in [-0.2, -0.15) is 0 Å². The Labute approximate surface area is 125 Å². The third-order valence-corrected chi connectivity index (χ3v) is 4.39. The third-order valence-electron chi connectivity index (χ3n) is 4.39. The fraction of sp³-hybridized carbons (Fsp3) is 0.529. The molecule has 1 aromatic rings. The van der Waals surface area contributed by atoms with Gasteiger partial charge in [-0.15, -0.1) is 0 Å². The molecular weight excluding hydrogens is 268 g/mol. The Morgan fingerprint density at radius 3 is 2.62 bits per heavy atom. The normalized spacial score (nSPS) is 19.9. The molecule has 0 spiro atoms. The van der Waals surface area contributed by atoms with E-state index in [1.807, 2.05) is 18.2 Å². The van der Waals surface area contributed by atoms with Crippen molar-refractivity contribution >= 4 is 11.9 Å². The van der Waals surface area contributed by atoms with Gasteiger partial charge in [0.25, 0.3) is 0 Å². The Bertz CT molecular complexity index is 523. The molecule has 1 unspecified atom stereocenters. The average molecular weight is 290 g/mol. The maximum atomic E-state index is 12.4. The number of benzene rings is 1. The molecule has 1 aromatic carbocycles. The molecule has 0 bridgehead atoms. The van der Waals surface area contributed by atoms with Crippen LogP contribution in [-0.4, -0.2) is 26.2 Å². The lowest BCUT2D eigenvalue weighted by atomic mass is 9.77. The second-order valence-corrected chi connectivity index (χ2v) is 5.51. The monoisotopic (exact) mass is 290 g/mol. The van der Waals surface area contributed by atoms with Crippen molar-refractivity contribution in [1.29, 1.82) is 0 Å². The highest BCUT2D eigenvalue weighted by Crippen LogP contribution is 2.43. The Hall–Kier alpha value is -1.84. The van der Waals surface area contributed by atoms with Gasteiger partial charge in [0.15, 0.2) is 0 Å². The summed E-state index contributed by atoms with van der Waals surface area (Å²) < 4.78 is 9.70. The van der Waals surface area contributed by atoms with Crippen LogP contribution in [-0.2, 0) is 30.9 Å². The van der Waals surface area contributed by atoms with Crippen LogP contribution >= 0.6 is 0 Å². The van der Waals surface area contributed by atoms with Crippen molar-refractivity contribution in [2.24, 2.45) is 0 Å². The van der Waals surface area contributed by atoms with Gasteiger partial charge < -0.3 is 9.47 Å². The molecule has 114 valence electrons. The van der Waals surface area contributed by atoms with Crippen molar-refractivity contribution in [1.82, 2.24) is 0 Å². The summed E-state index contributed by atoms with van der Waals surface area (Å²) in [7, 11) is 2.84. The minimum absolute atomic E-state index is 0.162. The van der Waals surface area contributed by atoms with Crippen LogP contribution in [0.5, 0.6) is 0 Å². The molecule has 0 amide bonds. The Balaban J connectivity index is 2.10. The van der Waals surface area contributed by atoms with E-state index in [-0.39, 0.29) is 11.9 Å².